The largest absolute Gasteiger partial charge is 0.375 e. The predicted octanol–water partition coefficient (Wildman–Crippen LogP) is 2.14. The van der Waals surface area contributed by atoms with Gasteiger partial charge in [0.25, 0.3) is 11.9 Å². The molecule has 2 N–H and O–H groups in total. The van der Waals surface area contributed by atoms with E-state index in [9.17, 15) is 4.79 Å². The molecular weight excluding hydrogens is 396 g/mol. The van der Waals surface area contributed by atoms with Crippen molar-refractivity contribution in [2.45, 2.75) is 52.3 Å². The summed E-state index contributed by atoms with van der Waals surface area (Å²) in [7, 11) is 1.89. The number of anilines is 1. The van der Waals surface area contributed by atoms with Crippen molar-refractivity contribution in [3.8, 4) is 5.95 Å². The molecule has 1 fully saturated rings. The predicted molar refractivity (Wildman–Crippen MR) is 115 cm³/mol. The summed E-state index contributed by atoms with van der Waals surface area (Å²) in [6.45, 7) is 5.00. The van der Waals surface area contributed by atoms with Crippen LogP contribution in [0, 0.1) is 6.92 Å². The Balaban J connectivity index is 1.59. The molecule has 0 atom stereocenters. The van der Waals surface area contributed by atoms with Gasteiger partial charge in [-0.3, -0.25) is 4.79 Å². The number of amides is 1. The van der Waals surface area contributed by atoms with E-state index in [1.807, 2.05) is 25.5 Å². The lowest BCUT2D eigenvalue weighted by Crippen LogP contribution is -2.28. The highest BCUT2D eigenvalue weighted by Gasteiger charge is 2.22. The van der Waals surface area contributed by atoms with E-state index in [0.717, 1.165) is 29.9 Å². The van der Waals surface area contributed by atoms with Gasteiger partial charge in [-0.15, -0.1) is 0 Å². The lowest BCUT2D eigenvalue weighted by molar-refractivity contribution is 0.0938. The van der Waals surface area contributed by atoms with E-state index >= 15 is 0 Å². The maximum Gasteiger partial charge on any atom is 0.255 e. The van der Waals surface area contributed by atoms with Crippen molar-refractivity contribution in [1.82, 2.24) is 34.6 Å². The fraction of sp³-hybridized carbons (Fsp3) is 0.476. The van der Waals surface area contributed by atoms with Gasteiger partial charge in [0.05, 0.1) is 42.6 Å². The average molecular weight is 425 g/mol. The van der Waals surface area contributed by atoms with E-state index in [1.165, 1.54) is 12.6 Å². The lowest BCUT2D eigenvalue weighted by atomic mass is 9.93. The first-order valence-electron chi connectivity index (χ1n) is 10.6. The summed E-state index contributed by atoms with van der Waals surface area (Å²) < 4.78 is 9.07. The number of nitrogens with one attached hydrogen (secondary N) is 2. The Morgan fingerprint density at radius 1 is 1.29 bits per heavy atom. The molecule has 1 aliphatic rings. The summed E-state index contributed by atoms with van der Waals surface area (Å²) in [6.07, 6.45) is 10.3. The first-order chi connectivity index (χ1) is 15.1. The quantitative estimate of drug-likeness (QED) is 0.541. The van der Waals surface area contributed by atoms with Gasteiger partial charge in [0.15, 0.2) is 0 Å². The Morgan fingerprint density at radius 2 is 2.13 bits per heavy atom. The Kier molecular flexibility index (Phi) is 6.26. The van der Waals surface area contributed by atoms with Crippen molar-refractivity contribution < 1.29 is 9.53 Å². The zero-order valence-electron chi connectivity index (χ0n) is 18.1. The van der Waals surface area contributed by atoms with Crippen molar-refractivity contribution in [3.05, 3.63) is 47.4 Å². The van der Waals surface area contributed by atoms with Gasteiger partial charge in [0.2, 0.25) is 0 Å². The fourth-order valence-electron chi connectivity index (χ4n) is 3.32. The van der Waals surface area contributed by atoms with Gasteiger partial charge in [0, 0.05) is 37.7 Å². The highest BCUT2D eigenvalue weighted by atomic mass is 16.5. The van der Waals surface area contributed by atoms with Crippen LogP contribution >= 0.6 is 0 Å². The summed E-state index contributed by atoms with van der Waals surface area (Å²) in [5.41, 5.74) is 2.93. The van der Waals surface area contributed by atoms with E-state index < -0.39 is 0 Å². The van der Waals surface area contributed by atoms with Crippen LogP contribution < -0.4 is 10.6 Å². The number of imidazole rings is 1. The number of carbonyl (C=O) groups is 1. The zero-order chi connectivity index (χ0) is 21.8. The Labute approximate surface area is 181 Å². The Hall–Kier alpha value is -3.27. The van der Waals surface area contributed by atoms with Crippen molar-refractivity contribution in [2.24, 2.45) is 7.05 Å². The first kappa shape index (κ1) is 21.0. The molecule has 4 rings (SSSR count). The van der Waals surface area contributed by atoms with Crippen LogP contribution in [0.15, 0.2) is 24.9 Å². The summed E-state index contributed by atoms with van der Waals surface area (Å²) in [5.74, 6) is 0.977. The molecule has 0 saturated heterocycles. The molecule has 0 bridgehead atoms. The van der Waals surface area contributed by atoms with Gasteiger partial charge in [-0.1, -0.05) is 0 Å². The molecule has 3 heterocycles. The maximum absolute atomic E-state index is 12.9. The van der Waals surface area contributed by atoms with Crippen LogP contribution in [0.4, 0.5) is 5.82 Å². The van der Waals surface area contributed by atoms with Crippen LogP contribution in [0.25, 0.3) is 5.95 Å². The topological polar surface area (TPSA) is 112 Å². The van der Waals surface area contributed by atoms with Crippen molar-refractivity contribution in [3.63, 3.8) is 0 Å². The molecule has 10 nitrogen and oxygen atoms in total. The average Bonchev–Trinajstić information content (AvgIpc) is 3.34. The molecule has 31 heavy (non-hydrogen) atoms. The molecule has 0 aliphatic heterocycles. The third-order valence-electron chi connectivity index (χ3n) is 5.50. The molecule has 0 radical (unpaired) electrons. The SMILES string of the molecule is CCOCc1c(C(=O)NCc2cncn2C)cnn1-c1ncc(C)c(NC2CCC2)n1. The fourth-order valence-corrected chi connectivity index (χ4v) is 3.32. The molecule has 1 saturated carbocycles. The molecule has 0 unspecified atom stereocenters. The molecule has 0 aromatic carbocycles. The summed E-state index contributed by atoms with van der Waals surface area (Å²) in [4.78, 5) is 26.1. The number of hydrogen-bond donors (Lipinski definition) is 2. The van der Waals surface area contributed by atoms with Crippen molar-refractivity contribution >= 4 is 11.7 Å². The summed E-state index contributed by atoms with van der Waals surface area (Å²) >= 11 is 0. The first-order valence-corrected chi connectivity index (χ1v) is 10.6. The van der Waals surface area contributed by atoms with Crippen molar-refractivity contribution in [1.29, 1.82) is 0 Å². The van der Waals surface area contributed by atoms with Crippen LogP contribution in [0.5, 0.6) is 0 Å². The number of nitrogens with zero attached hydrogens (tertiary/aromatic N) is 6. The molecule has 164 valence electrons. The monoisotopic (exact) mass is 424 g/mol. The number of carbonyl (C=O) groups excluding carboxylic acids is 1. The van der Waals surface area contributed by atoms with E-state index in [2.05, 4.69) is 30.7 Å². The van der Waals surface area contributed by atoms with Gasteiger partial charge in [0.1, 0.15) is 5.82 Å². The van der Waals surface area contributed by atoms with E-state index in [-0.39, 0.29) is 12.5 Å². The van der Waals surface area contributed by atoms with Gasteiger partial charge in [-0.25, -0.2) is 9.97 Å². The van der Waals surface area contributed by atoms with Crippen LogP contribution in [-0.2, 0) is 24.9 Å². The van der Waals surface area contributed by atoms with Gasteiger partial charge in [-0.05, 0) is 33.1 Å². The molecule has 3 aromatic rings. The summed E-state index contributed by atoms with van der Waals surface area (Å²) in [6, 6.07) is 0.454. The number of aryl methyl sites for hydroxylation is 2. The summed E-state index contributed by atoms with van der Waals surface area (Å²) in [5, 5.41) is 10.8. The van der Waals surface area contributed by atoms with Crippen molar-refractivity contribution in [2.75, 3.05) is 11.9 Å². The highest BCUT2D eigenvalue weighted by Crippen LogP contribution is 2.24. The second kappa shape index (κ2) is 9.25. The van der Waals surface area contributed by atoms with Gasteiger partial charge >= 0.3 is 0 Å². The zero-order valence-corrected chi connectivity index (χ0v) is 18.1. The van der Waals surface area contributed by atoms with Crippen LogP contribution in [0.1, 0.15) is 53.5 Å². The smallest absolute Gasteiger partial charge is 0.255 e. The molecule has 0 spiro atoms. The highest BCUT2D eigenvalue weighted by molar-refractivity contribution is 5.95. The molecule has 1 amide bonds. The minimum atomic E-state index is -0.234. The number of rotatable bonds is 9. The standard InChI is InChI=1S/C21H28N8O2/c1-4-31-12-18-17(20(30)23-10-16-9-22-13-28(16)3)11-25-29(18)21-24-8-14(2)19(27-21)26-15-6-5-7-15/h8-9,11,13,15H,4-7,10,12H2,1-3H3,(H,23,30)(H,24,26,27). The molecular formula is C21H28N8O2. The second-order valence-corrected chi connectivity index (χ2v) is 7.71. The minimum absolute atomic E-state index is 0.230. The molecule has 3 aromatic heterocycles. The maximum atomic E-state index is 12.9. The molecule has 10 heteroatoms. The second-order valence-electron chi connectivity index (χ2n) is 7.71. The van der Waals surface area contributed by atoms with E-state index in [0.29, 0.717) is 36.4 Å². The van der Waals surface area contributed by atoms with Gasteiger partial charge in [-0.2, -0.15) is 14.8 Å². The number of aromatic nitrogens is 6. The third kappa shape index (κ3) is 4.58. The lowest BCUT2D eigenvalue weighted by Gasteiger charge is -2.27. The molecule has 1 aliphatic carbocycles. The number of hydrogen-bond acceptors (Lipinski definition) is 7. The van der Waals surface area contributed by atoms with Crippen LogP contribution in [0.3, 0.4) is 0 Å². The van der Waals surface area contributed by atoms with Crippen LogP contribution in [-0.4, -0.2) is 47.9 Å². The third-order valence-corrected chi connectivity index (χ3v) is 5.50. The minimum Gasteiger partial charge on any atom is -0.375 e. The Morgan fingerprint density at radius 3 is 2.81 bits per heavy atom. The van der Waals surface area contributed by atoms with Gasteiger partial charge < -0.3 is 19.9 Å². The van der Waals surface area contributed by atoms with Crippen LogP contribution in [0.2, 0.25) is 0 Å². The number of ether oxygens (including phenoxy) is 1. The van der Waals surface area contributed by atoms with E-state index in [4.69, 9.17) is 4.74 Å². The van der Waals surface area contributed by atoms with E-state index in [1.54, 1.807) is 23.4 Å². The normalized spacial score (nSPS) is 13.8. The Bertz CT molecular complexity index is 1050.